The van der Waals surface area contributed by atoms with Crippen molar-refractivity contribution < 1.29 is 4.74 Å². The first-order chi connectivity index (χ1) is 13.2. The normalized spacial score (nSPS) is 26.6. The number of morpholine rings is 1. The molecule has 1 aliphatic carbocycles. The van der Waals surface area contributed by atoms with E-state index in [1.807, 2.05) is 24.2 Å². The Morgan fingerprint density at radius 3 is 2.96 bits per heavy atom. The monoisotopic (exact) mass is 388 g/mol. The van der Waals surface area contributed by atoms with E-state index in [0.29, 0.717) is 17.7 Å². The SMILES string of the molecule is CC[C@@H]1CC(CSN2CCOCC2)CC1C(=N)n1c(=N)cnc2[nH]ccc21. The van der Waals surface area contributed by atoms with Crippen LogP contribution in [0.25, 0.3) is 11.2 Å². The van der Waals surface area contributed by atoms with Crippen LogP contribution in [0.1, 0.15) is 26.2 Å². The molecular formula is C19H28N6OS. The minimum absolute atomic E-state index is 0.208. The minimum Gasteiger partial charge on any atom is -0.379 e. The molecule has 2 fully saturated rings. The maximum Gasteiger partial charge on any atom is 0.154 e. The first kappa shape index (κ1) is 18.7. The van der Waals surface area contributed by atoms with Crippen LogP contribution in [0.2, 0.25) is 0 Å². The van der Waals surface area contributed by atoms with Crippen molar-refractivity contribution in [3.05, 3.63) is 23.9 Å². The third-order valence-corrected chi connectivity index (χ3v) is 7.22. The number of nitrogens with one attached hydrogen (secondary N) is 3. The van der Waals surface area contributed by atoms with Crippen molar-refractivity contribution in [3.8, 4) is 0 Å². The van der Waals surface area contributed by atoms with Crippen molar-refractivity contribution in [2.45, 2.75) is 26.2 Å². The van der Waals surface area contributed by atoms with E-state index in [2.05, 4.69) is 21.2 Å². The van der Waals surface area contributed by atoms with Gasteiger partial charge in [-0.15, -0.1) is 0 Å². The first-order valence-electron chi connectivity index (χ1n) is 9.81. The second-order valence-electron chi connectivity index (χ2n) is 7.53. The molecule has 27 heavy (non-hydrogen) atoms. The van der Waals surface area contributed by atoms with Gasteiger partial charge in [-0.2, -0.15) is 0 Å². The van der Waals surface area contributed by atoms with E-state index in [-0.39, 0.29) is 11.4 Å². The number of rotatable bonds is 5. The van der Waals surface area contributed by atoms with E-state index >= 15 is 0 Å². The van der Waals surface area contributed by atoms with Crippen molar-refractivity contribution in [1.82, 2.24) is 18.8 Å². The molecule has 1 aliphatic heterocycles. The van der Waals surface area contributed by atoms with Gasteiger partial charge in [0, 0.05) is 31.0 Å². The molecule has 2 aliphatic rings. The lowest BCUT2D eigenvalue weighted by Crippen LogP contribution is -2.33. The van der Waals surface area contributed by atoms with Crippen LogP contribution in [-0.2, 0) is 4.74 Å². The summed E-state index contributed by atoms with van der Waals surface area (Å²) in [6, 6.07) is 1.91. The quantitative estimate of drug-likeness (QED) is 0.417. The summed E-state index contributed by atoms with van der Waals surface area (Å²) in [6.45, 7) is 5.91. The van der Waals surface area contributed by atoms with Gasteiger partial charge in [0.15, 0.2) is 5.65 Å². The summed E-state index contributed by atoms with van der Waals surface area (Å²) in [5.74, 6) is 3.03. The minimum atomic E-state index is 0.208. The van der Waals surface area contributed by atoms with Crippen LogP contribution < -0.4 is 5.49 Å². The van der Waals surface area contributed by atoms with Gasteiger partial charge in [-0.05, 0) is 30.7 Å². The lowest BCUT2D eigenvalue weighted by atomic mass is 9.92. The predicted molar refractivity (Wildman–Crippen MR) is 108 cm³/mol. The van der Waals surface area contributed by atoms with Crippen molar-refractivity contribution in [3.63, 3.8) is 0 Å². The van der Waals surface area contributed by atoms with Gasteiger partial charge in [0.25, 0.3) is 0 Å². The number of fused-ring (bicyclic) bond motifs is 1. The molecule has 146 valence electrons. The van der Waals surface area contributed by atoms with Crippen LogP contribution in [0.4, 0.5) is 0 Å². The van der Waals surface area contributed by atoms with Gasteiger partial charge in [-0.25, -0.2) is 9.29 Å². The Balaban J connectivity index is 1.48. The third kappa shape index (κ3) is 3.83. The van der Waals surface area contributed by atoms with Gasteiger partial charge in [-0.1, -0.05) is 25.3 Å². The molecule has 8 heteroatoms. The molecule has 0 radical (unpaired) electrons. The summed E-state index contributed by atoms with van der Waals surface area (Å²) in [7, 11) is 0. The summed E-state index contributed by atoms with van der Waals surface area (Å²) >= 11 is 1.95. The molecule has 1 saturated heterocycles. The summed E-state index contributed by atoms with van der Waals surface area (Å²) in [6.07, 6.45) is 6.66. The van der Waals surface area contributed by atoms with E-state index in [1.54, 1.807) is 4.57 Å². The maximum absolute atomic E-state index is 8.91. The third-order valence-electron chi connectivity index (χ3n) is 5.87. The molecule has 2 aromatic heterocycles. The molecule has 3 heterocycles. The van der Waals surface area contributed by atoms with Gasteiger partial charge in [-0.3, -0.25) is 15.4 Å². The topological polar surface area (TPSA) is 93.8 Å². The Labute approximate surface area is 163 Å². The smallest absolute Gasteiger partial charge is 0.154 e. The number of ether oxygens (including phenoxy) is 1. The second-order valence-corrected chi connectivity index (χ2v) is 8.63. The molecule has 0 amide bonds. The van der Waals surface area contributed by atoms with Crippen LogP contribution in [-0.4, -0.2) is 56.7 Å². The molecule has 3 N–H and O–H groups in total. The molecule has 4 rings (SSSR count). The van der Waals surface area contributed by atoms with Gasteiger partial charge in [0.2, 0.25) is 0 Å². The van der Waals surface area contributed by atoms with E-state index in [1.165, 1.54) is 12.6 Å². The molecule has 7 nitrogen and oxygen atoms in total. The van der Waals surface area contributed by atoms with Crippen molar-refractivity contribution in [2.24, 2.45) is 17.8 Å². The van der Waals surface area contributed by atoms with Crippen molar-refractivity contribution in [1.29, 1.82) is 10.8 Å². The standard InChI is InChI=1S/C19H28N6OS/c1-2-14-9-13(12-27-24-5-7-26-8-6-24)10-15(14)18(21)25-16-3-4-22-19(16)23-11-17(25)20/h3-4,11,13-15,20-22H,2,5-10,12H2,1H3/t13?,14-,15?/m1/s1. The fourth-order valence-corrected chi connectivity index (χ4v) is 5.52. The van der Waals surface area contributed by atoms with Crippen LogP contribution in [0.5, 0.6) is 0 Å². The van der Waals surface area contributed by atoms with Gasteiger partial charge in [0.1, 0.15) is 11.3 Å². The molecule has 0 spiro atoms. The number of aromatic amines is 1. The number of aromatic nitrogens is 3. The zero-order valence-corrected chi connectivity index (χ0v) is 16.6. The number of hydrogen-bond acceptors (Lipinski definition) is 6. The Hall–Kier alpha value is -1.64. The predicted octanol–water partition coefficient (Wildman–Crippen LogP) is 2.70. The van der Waals surface area contributed by atoms with E-state index < -0.39 is 0 Å². The Morgan fingerprint density at radius 1 is 1.37 bits per heavy atom. The fourth-order valence-electron chi connectivity index (χ4n) is 4.42. The molecule has 3 atom stereocenters. The fraction of sp³-hybridized carbons (Fsp3) is 0.632. The highest BCUT2D eigenvalue weighted by Gasteiger charge is 2.37. The van der Waals surface area contributed by atoms with Gasteiger partial charge >= 0.3 is 0 Å². The zero-order valence-electron chi connectivity index (χ0n) is 15.8. The molecule has 1 saturated carbocycles. The number of nitrogens with zero attached hydrogens (tertiary/aromatic N) is 3. The zero-order chi connectivity index (χ0) is 18.8. The maximum atomic E-state index is 8.91. The Morgan fingerprint density at radius 2 is 2.19 bits per heavy atom. The lowest BCUT2D eigenvalue weighted by Gasteiger charge is -2.26. The summed E-state index contributed by atoms with van der Waals surface area (Å²) in [5, 5.41) is 17.2. The molecule has 0 aromatic carbocycles. The lowest BCUT2D eigenvalue weighted by molar-refractivity contribution is 0.0772. The van der Waals surface area contributed by atoms with E-state index in [9.17, 15) is 0 Å². The highest BCUT2D eigenvalue weighted by Crippen LogP contribution is 2.41. The molecule has 2 unspecified atom stereocenters. The summed E-state index contributed by atoms with van der Waals surface area (Å²) in [4.78, 5) is 7.36. The molecule has 0 bridgehead atoms. The highest BCUT2D eigenvalue weighted by molar-refractivity contribution is 7.97. The van der Waals surface area contributed by atoms with Crippen LogP contribution >= 0.6 is 11.9 Å². The number of hydrogen-bond donors (Lipinski definition) is 3. The number of H-pyrrole nitrogens is 1. The average Bonchev–Trinajstić information content (AvgIpc) is 3.33. The average molecular weight is 389 g/mol. The highest BCUT2D eigenvalue weighted by atomic mass is 32.2. The largest absolute Gasteiger partial charge is 0.379 e. The van der Waals surface area contributed by atoms with Crippen LogP contribution in [0, 0.1) is 28.6 Å². The van der Waals surface area contributed by atoms with E-state index in [0.717, 1.165) is 56.1 Å². The van der Waals surface area contributed by atoms with Crippen molar-refractivity contribution in [2.75, 3.05) is 32.1 Å². The van der Waals surface area contributed by atoms with E-state index in [4.69, 9.17) is 15.6 Å². The molecule has 2 aromatic rings. The van der Waals surface area contributed by atoms with Crippen LogP contribution in [0.3, 0.4) is 0 Å². The Kier molecular flexibility index (Phi) is 5.66. The summed E-state index contributed by atoms with van der Waals surface area (Å²) < 4.78 is 9.62. The van der Waals surface area contributed by atoms with Gasteiger partial charge < -0.3 is 9.72 Å². The van der Waals surface area contributed by atoms with Gasteiger partial charge in [0.05, 0.1) is 24.9 Å². The van der Waals surface area contributed by atoms with Crippen LogP contribution in [0.15, 0.2) is 18.5 Å². The van der Waals surface area contributed by atoms with Crippen molar-refractivity contribution >= 4 is 28.9 Å². The first-order valence-corrected chi connectivity index (χ1v) is 10.8. The Bertz CT molecular complexity index is 855. The molecular weight excluding hydrogens is 360 g/mol. The second kappa shape index (κ2) is 8.16. The summed E-state index contributed by atoms with van der Waals surface area (Å²) in [5.41, 5.74) is 1.85.